The summed E-state index contributed by atoms with van der Waals surface area (Å²) in [6, 6.07) is 2.73. The normalized spacial score (nSPS) is 23.3. The minimum absolute atomic E-state index is 0.00198. The number of amides is 1. The van der Waals surface area contributed by atoms with Crippen molar-refractivity contribution >= 4 is 21.4 Å². The van der Waals surface area contributed by atoms with Crippen LogP contribution in [0.15, 0.2) is 23.4 Å². The number of carbonyl (C=O) groups excluding carboxylic acids is 1. The Bertz CT molecular complexity index is 568. The summed E-state index contributed by atoms with van der Waals surface area (Å²) < 4.78 is 22.5. The Morgan fingerprint density at radius 3 is 2.68 bits per heavy atom. The lowest BCUT2D eigenvalue weighted by Gasteiger charge is -2.15. The third-order valence-electron chi connectivity index (χ3n) is 3.20. The van der Waals surface area contributed by atoms with Gasteiger partial charge in [0.05, 0.1) is 17.9 Å². The van der Waals surface area contributed by atoms with Crippen molar-refractivity contribution in [1.82, 2.24) is 10.3 Å². The van der Waals surface area contributed by atoms with E-state index in [4.69, 9.17) is 0 Å². The van der Waals surface area contributed by atoms with Crippen LogP contribution in [0.5, 0.6) is 0 Å². The number of carbonyl (C=O) groups is 1. The van der Waals surface area contributed by atoms with E-state index >= 15 is 0 Å². The number of sulfone groups is 1. The van der Waals surface area contributed by atoms with Crippen molar-refractivity contribution in [2.45, 2.75) is 24.4 Å². The lowest BCUT2D eigenvalue weighted by atomic mass is 10.0. The van der Waals surface area contributed by atoms with Crippen LogP contribution in [0.25, 0.3) is 0 Å². The van der Waals surface area contributed by atoms with E-state index in [9.17, 15) is 13.2 Å². The second-order valence-electron chi connectivity index (χ2n) is 4.84. The van der Waals surface area contributed by atoms with Crippen molar-refractivity contribution in [2.75, 3.05) is 18.1 Å². The molecule has 1 aliphatic heterocycles. The molecule has 2 unspecified atom stereocenters. The van der Waals surface area contributed by atoms with Gasteiger partial charge in [-0.15, -0.1) is 0 Å². The quantitative estimate of drug-likeness (QED) is 0.839. The monoisotopic (exact) mass is 283 g/mol. The van der Waals surface area contributed by atoms with Gasteiger partial charge in [-0.3, -0.25) is 4.79 Å². The van der Waals surface area contributed by atoms with E-state index in [0.29, 0.717) is 11.6 Å². The molecule has 2 rings (SSSR count). The van der Waals surface area contributed by atoms with E-state index in [-0.39, 0.29) is 17.0 Å². The fourth-order valence-corrected chi connectivity index (χ4v) is 2.64. The molecule has 0 saturated carbocycles. The van der Waals surface area contributed by atoms with Gasteiger partial charge in [0.1, 0.15) is 0 Å². The first kappa shape index (κ1) is 14.0. The number of hydrogen-bond donors (Lipinski definition) is 2. The molecular formula is C12H17N3O3S. The van der Waals surface area contributed by atoms with Crippen molar-refractivity contribution in [3.8, 4) is 0 Å². The van der Waals surface area contributed by atoms with Gasteiger partial charge < -0.3 is 10.6 Å². The fourth-order valence-electron chi connectivity index (χ4n) is 2.08. The maximum atomic E-state index is 12.0. The van der Waals surface area contributed by atoms with Crippen LogP contribution in [-0.2, 0) is 14.6 Å². The number of pyridine rings is 1. The summed E-state index contributed by atoms with van der Waals surface area (Å²) in [5.41, 5.74) is 0.498. The Morgan fingerprint density at radius 1 is 1.47 bits per heavy atom. The lowest BCUT2D eigenvalue weighted by molar-refractivity contribution is -0.118. The van der Waals surface area contributed by atoms with Gasteiger partial charge in [0, 0.05) is 6.26 Å². The van der Waals surface area contributed by atoms with Gasteiger partial charge in [-0.25, -0.2) is 13.4 Å². The molecule has 0 radical (unpaired) electrons. The molecule has 2 heterocycles. The van der Waals surface area contributed by atoms with E-state index in [1.54, 1.807) is 6.07 Å². The standard InChI is InChI=1S/C12H17N3O3S/c1-8-5-6-13-11(8)12(16)15-9-3-4-10(14-7-9)19(2,17)18/h3-4,7-8,11,13H,5-6H2,1-2H3,(H,15,16). The van der Waals surface area contributed by atoms with Gasteiger partial charge >= 0.3 is 0 Å². The summed E-state index contributed by atoms with van der Waals surface area (Å²) in [5.74, 6) is 0.183. The van der Waals surface area contributed by atoms with Crippen LogP contribution in [-0.4, -0.2) is 38.2 Å². The predicted molar refractivity (Wildman–Crippen MR) is 71.5 cm³/mol. The fraction of sp³-hybridized carbons (Fsp3) is 0.500. The number of nitrogens with zero attached hydrogens (tertiary/aromatic N) is 1. The first-order chi connectivity index (χ1) is 8.88. The Kier molecular flexibility index (Phi) is 3.86. The lowest BCUT2D eigenvalue weighted by Crippen LogP contribution is -2.39. The molecule has 19 heavy (non-hydrogen) atoms. The number of anilines is 1. The first-order valence-corrected chi connectivity index (χ1v) is 7.97. The molecule has 0 bridgehead atoms. The minimum atomic E-state index is -3.31. The van der Waals surface area contributed by atoms with E-state index in [1.165, 1.54) is 12.3 Å². The SMILES string of the molecule is CC1CCNC1C(=O)Nc1ccc(S(C)(=O)=O)nc1. The molecule has 6 nitrogen and oxygen atoms in total. The maximum Gasteiger partial charge on any atom is 0.241 e. The molecule has 1 aromatic heterocycles. The Morgan fingerprint density at radius 2 is 2.21 bits per heavy atom. The van der Waals surface area contributed by atoms with E-state index in [0.717, 1.165) is 19.2 Å². The summed E-state index contributed by atoms with van der Waals surface area (Å²) >= 11 is 0. The Labute approximate surface area is 112 Å². The van der Waals surface area contributed by atoms with Crippen LogP contribution in [0, 0.1) is 5.92 Å². The van der Waals surface area contributed by atoms with E-state index in [1.807, 2.05) is 6.92 Å². The van der Waals surface area contributed by atoms with Crippen LogP contribution >= 0.6 is 0 Å². The second kappa shape index (κ2) is 5.26. The van der Waals surface area contributed by atoms with Crippen molar-refractivity contribution < 1.29 is 13.2 Å². The average molecular weight is 283 g/mol. The minimum Gasteiger partial charge on any atom is -0.323 e. The van der Waals surface area contributed by atoms with Crippen LogP contribution in [0.2, 0.25) is 0 Å². The summed E-state index contributed by atoms with van der Waals surface area (Å²) in [7, 11) is -3.31. The summed E-state index contributed by atoms with van der Waals surface area (Å²) in [5, 5.41) is 5.87. The summed E-state index contributed by atoms with van der Waals surface area (Å²) in [6.07, 6.45) is 3.43. The van der Waals surface area contributed by atoms with Crippen LogP contribution < -0.4 is 10.6 Å². The van der Waals surface area contributed by atoms with Crippen LogP contribution in [0.1, 0.15) is 13.3 Å². The number of aromatic nitrogens is 1. The van der Waals surface area contributed by atoms with Gasteiger partial charge in [-0.2, -0.15) is 0 Å². The zero-order chi connectivity index (χ0) is 14.0. The highest BCUT2D eigenvalue weighted by molar-refractivity contribution is 7.90. The van der Waals surface area contributed by atoms with E-state index in [2.05, 4.69) is 15.6 Å². The van der Waals surface area contributed by atoms with Crippen molar-refractivity contribution in [2.24, 2.45) is 5.92 Å². The van der Waals surface area contributed by atoms with Gasteiger partial charge in [0.15, 0.2) is 14.9 Å². The van der Waals surface area contributed by atoms with Crippen LogP contribution in [0.3, 0.4) is 0 Å². The molecule has 104 valence electrons. The smallest absolute Gasteiger partial charge is 0.241 e. The van der Waals surface area contributed by atoms with Crippen molar-refractivity contribution in [3.63, 3.8) is 0 Å². The number of hydrogen-bond acceptors (Lipinski definition) is 5. The Balaban J connectivity index is 2.06. The van der Waals surface area contributed by atoms with Gasteiger partial charge in [-0.1, -0.05) is 6.92 Å². The molecule has 1 saturated heterocycles. The van der Waals surface area contributed by atoms with Gasteiger partial charge in [0.2, 0.25) is 5.91 Å². The molecule has 2 atom stereocenters. The molecule has 1 aromatic rings. The zero-order valence-electron chi connectivity index (χ0n) is 10.9. The van der Waals surface area contributed by atoms with Crippen LogP contribution in [0.4, 0.5) is 5.69 Å². The third kappa shape index (κ3) is 3.30. The molecule has 0 aromatic carbocycles. The molecule has 0 aliphatic carbocycles. The van der Waals surface area contributed by atoms with E-state index < -0.39 is 9.84 Å². The molecule has 7 heteroatoms. The molecular weight excluding hydrogens is 266 g/mol. The zero-order valence-corrected chi connectivity index (χ0v) is 11.7. The maximum absolute atomic E-state index is 12.0. The largest absolute Gasteiger partial charge is 0.323 e. The summed E-state index contributed by atoms with van der Waals surface area (Å²) in [6.45, 7) is 2.86. The van der Waals surface area contributed by atoms with Crippen molar-refractivity contribution in [3.05, 3.63) is 18.3 Å². The predicted octanol–water partition coefficient (Wildman–Crippen LogP) is 0.422. The highest BCUT2D eigenvalue weighted by Crippen LogP contribution is 2.17. The number of rotatable bonds is 3. The third-order valence-corrected chi connectivity index (χ3v) is 4.20. The molecule has 0 spiro atoms. The molecule has 1 amide bonds. The highest BCUT2D eigenvalue weighted by atomic mass is 32.2. The molecule has 1 fully saturated rings. The summed E-state index contributed by atoms with van der Waals surface area (Å²) in [4.78, 5) is 15.8. The first-order valence-electron chi connectivity index (χ1n) is 6.08. The van der Waals surface area contributed by atoms with Crippen molar-refractivity contribution in [1.29, 1.82) is 0 Å². The highest BCUT2D eigenvalue weighted by Gasteiger charge is 2.29. The molecule has 1 aliphatic rings. The molecule has 2 N–H and O–H groups in total. The topological polar surface area (TPSA) is 88.2 Å². The van der Waals surface area contributed by atoms with Gasteiger partial charge in [0.25, 0.3) is 0 Å². The second-order valence-corrected chi connectivity index (χ2v) is 6.81. The average Bonchev–Trinajstić information content (AvgIpc) is 2.75. The number of nitrogens with one attached hydrogen (secondary N) is 2. The van der Waals surface area contributed by atoms with Gasteiger partial charge in [-0.05, 0) is 31.0 Å². The Hall–Kier alpha value is -1.47.